The van der Waals surface area contributed by atoms with Gasteiger partial charge >= 0.3 is 0 Å². The number of carbonyl (C=O) groups is 2. The molecule has 2 fully saturated rings. The Labute approximate surface area is 229 Å². The van der Waals surface area contributed by atoms with Crippen LogP contribution in [0.3, 0.4) is 0 Å². The molecule has 0 saturated carbocycles. The number of anilines is 1. The van der Waals surface area contributed by atoms with E-state index in [9.17, 15) is 14.0 Å². The minimum atomic E-state index is -1.47. The molecule has 2 aromatic carbocycles. The predicted molar refractivity (Wildman–Crippen MR) is 148 cm³/mol. The summed E-state index contributed by atoms with van der Waals surface area (Å²) in [6, 6.07) is 17.3. The van der Waals surface area contributed by atoms with E-state index in [1.165, 1.54) is 28.8 Å². The highest BCUT2D eigenvalue weighted by molar-refractivity contribution is 8.25. The highest BCUT2D eigenvalue weighted by Gasteiger charge is 2.78. The highest BCUT2D eigenvalue weighted by atomic mass is 32.2. The summed E-state index contributed by atoms with van der Waals surface area (Å²) in [7, 11) is 5.08. The molecule has 3 atom stereocenters. The van der Waals surface area contributed by atoms with Gasteiger partial charge in [-0.05, 0) is 55.1 Å². The number of hydrogen-bond donors (Lipinski definition) is 0. The quantitative estimate of drug-likeness (QED) is 0.458. The van der Waals surface area contributed by atoms with Gasteiger partial charge in [0.2, 0.25) is 5.91 Å². The van der Waals surface area contributed by atoms with Crippen molar-refractivity contribution in [3.05, 3.63) is 89.5 Å². The van der Waals surface area contributed by atoms with E-state index in [0.717, 1.165) is 5.56 Å². The molecule has 10 heteroatoms. The summed E-state index contributed by atoms with van der Waals surface area (Å²) in [6.45, 7) is 0.607. The van der Waals surface area contributed by atoms with Gasteiger partial charge in [0.25, 0.3) is 5.91 Å². The summed E-state index contributed by atoms with van der Waals surface area (Å²) < 4.78 is 19.0. The van der Waals surface area contributed by atoms with Crippen molar-refractivity contribution in [1.82, 2.24) is 14.8 Å². The third-order valence-corrected chi connectivity index (χ3v) is 9.90. The molecular formula is C28H25FN4O3S2. The first kappa shape index (κ1) is 25.0. The highest BCUT2D eigenvalue weighted by Crippen LogP contribution is 2.66. The van der Waals surface area contributed by atoms with Gasteiger partial charge in [-0.2, -0.15) is 0 Å². The number of aromatic nitrogens is 1. The summed E-state index contributed by atoms with van der Waals surface area (Å²) in [5.74, 6) is -0.795. The van der Waals surface area contributed by atoms with E-state index >= 15 is 0 Å². The number of ether oxygens (including phenoxy) is 1. The van der Waals surface area contributed by atoms with Gasteiger partial charge in [0.1, 0.15) is 20.6 Å². The fourth-order valence-corrected chi connectivity index (χ4v) is 8.37. The molecule has 7 nitrogen and oxygen atoms in total. The van der Waals surface area contributed by atoms with Crippen LogP contribution in [0.1, 0.15) is 22.7 Å². The van der Waals surface area contributed by atoms with Crippen molar-refractivity contribution < 1.29 is 18.7 Å². The number of likely N-dealkylation sites (tertiary alicyclic amines) is 1. The maximum Gasteiger partial charge on any atom is 0.254 e. The maximum absolute atomic E-state index is 14.8. The molecule has 2 amide bonds. The Morgan fingerprint density at radius 1 is 1.11 bits per heavy atom. The molecule has 38 heavy (non-hydrogen) atoms. The van der Waals surface area contributed by atoms with Crippen LogP contribution in [0.5, 0.6) is 5.75 Å². The third kappa shape index (κ3) is 3.17. The van der Waals surface area contributed by atoms with Crippen molar-refractivity contribution in [1.29, 1.82) is 0 Å². The fourth-order valence-electron chi connectivity index (χ4n) is 6.26. The molecule has 194 valence electrons. The number of nitrogens with zero attached hydrogens (tertiary/aromatic N) is 4. The van der Waals surface area contributed by atoms with Crippen molar-refractivity contribution in [2.24, 2.45) is 0 Å². The average Bonchev–Trinajstić information content (AvgIpc) is 3.43. The van der Waals surface area contributed by atoms with Gasteiger partial charge in [0, 0.05) is 42.7 Å². The van der Waals surface area contributed by atoms with Crippen LogP contribution in [0.25, 0.3) is 0 Å². The van der Waals surface area contributed by atoms with E-state index in [0.29, 0.717) is 33.6 Å². The molecule has 3 aromatic rings. The number of rotatable bonds is 4. The molecule has 6 rings (SSSR count). The Morgan fingerprint density at radius 2 is 1.87 bits per heavy atom. The number of fused-ring (bicyclic) bond motifs is 3. The SMILES string of the molecule is COc1ccc(CN2C(=O)[C@]3(SC2=S)[C@H](c2ccccn2)CN(C)[C@@]32C(=O)N(C)c3ccc(F)cc32)cc1. The molecule has 2 spiro atoms. The smallest absolute Gasteiger partial charge is 0.254 e. The number of benzene rings is 2. The molecule has 4 heterocycles. The maximum atomic E-state index is 14.8. The lowest BCUT2D eigenvalue weighted by Gasteiger charge is -2.42. The first-order valence-corrected chi connectivity index (χ1v) is 13.4. The number of halogens is 1. The number of thioether (sulfide) groups is 1. The first-order valence-electron chi connectivity index (χ1n) is 12.1. The zero-order valence-corrected chi connectivity index (χ0v) is 22.7. The van der Waals surface area contributed by atoms with Crippen molar-refractivity contribution >= 4 is 45.8 Å². The topological polar surface area (TPSA) is 66.0 Å². The van der Waals surface area contributed by atoms with Gasteiger partial charge in [0.05, 0.1) is 13.7 Å². The van der Waals surface area contributed by atoms with Gasteiger partial charge in [-0.25, -0.2) is 4.39 Å². The number of likely N-dealkylation sites (N-methyl/N-ethyl adjacent to an activating group) is 2. The van der Waals surface area contributed by atoms with Crippen molar-refractivity contribution in [3.63, 3.8) is 0 Å². The van der Waals surface area contributed by atoms with Crippen LogP contribution < -0.4 is 9.64 Å². The van der Waals surface area contributed by atoms with E-state index in [4.69, 9.17) is 17.0 Å². The van der Waals surface area contributed by atoms with Crippen LogP contribution in [0.15, 0.2) is 66.9 Å². The third-order valence-electron chi connectivity index (χ3n) is 7.96. The van der Waals surface area contributed by atoms with Crippen LogP contribution in [0.4, 0.5) is 10.1 Å². The molecule has 2 saturated heterocycles. The molecule has 0 unspecified atom stereocenters. The lowest BCUT2D eigenvalue weighted by atomic mass is 9.72. The van der Waals surface area contributed by atoms with Gasteiger partial charge in [-0.3, -0.25) is 24.4 Å². The predicted octanol–water partition coefficient (Wildman–Crippen LogP) is 3.93. The van der Waals surface area contributed by atoms with Gasteiger partial charge in [-0.15, -0.1) is 0 Å². The molecule has 3 aliphatic heterocycles. The molecular weight excluding hydrogens is 523 g/mol. The zero-order chi connectivity index (χ0) is 26.8. The summed E-state index contributed by atoms with van der Waals surface area (Å²) >= 11 is 7.06. The van der Waals surface area contributed by atoms with Crippen LogP contribution in [0, 0.1) is 5.82 Å². The molecule has 0 aliphatic carbocycles. The Hall–Kier alpha value is -3.34. The van der Waals surface area contributed by atoms with Crippen molar-refractivity contribution in [2.45, 2.75) is 22.7 Å². The fraction of sp³-hybridized carbons (Fsp3) is 0.286. The molecule has 0 radical (unpaired) electrons. The van der Waals surface area contributed by atoms with Gasteiger partial charge in [-0.1, -0.05) is 42.2 Å². The van der Waals surface area contributed by atoms with E-state index in [2.05, 4.69) is 4.98 Å². The van der Waals surface area contributed by atoms with E-state index in [1.807, 2.05) is 54.4 Å². The molecule has 3 aliphatic rings. The molecule has 0 bridgehead atoms. The summed E-state index contributed by atoms with van der Waals surface area (Å²) in [5, 5.41) is 0. The van der Waals surface area contributed by atoms with Gasteiger partial charge in [0.15, 0.2) is 5.54 Å². The van der Waals surface area contributed by atoms with E-state index < -0.39 is 22.0 Å². The number of hydrogen-bond acceptors (Lipinski definition) is 7. The number of carbonyl (C=O) groups excluding carboxylic acids is 2. The summed E-state index contributed by atoms with van der Waals surface area (Å²) in [6.07, 6.45) is 1.68. The Morgan fingerprint density at radius 3 is 2.55 bits per heavy atom. The minimum absolute atomic E-state index is 0.241. The molecule has 1 aromatic heterocycles. The number of methoxy groups -OCH3 is 1. The number of amides is 2. The summed E-state index contributed by atoms with van der Waals surface area (Å²) in [5.41, 5.74) is 1.14. The normalized spacial score (nSPS) is 26.7. The lowest BCUT2D eigenvalue weighted by molar-refractivity contribution is -0.139. The summed E-state index contributed by atoms with van der Waals surface area (Å²) in [4.78, 5) is 38.7. The van der Waals surface area contributed by atoms with Gasteiger partial charge < -0.3 is 9.64 Å². The van der Waals surface area contributed by atoms with Crippen LogP contribution in [-0.2, 0) is 21.7 Å². The Kier molecular flexibility index (Phi) is 5.82. The van der Waals surface area contributed by atoms with Crippen molar-refractivity contribution in [2.75, 3.05) is 32.6 Å². The van der Waals surface area contributed by atoms with E-state index in [-0.39, 0.29) is 18.4 Å². The second-order valence-electron chi connectivity index (χ2n) is 9.77. The molecule has 0 N–H and O–H groups in total. The lowest BCUT2D eigenvalue weighted by Crippen LogP contribution is -2.62. The second-order valence-corrected chi connectivity index (χ2v) is 11.6. The Bertz CT molecular complexity index is 1470. The van der Waals surface area contributed by atoms with Crippen LogP contribution in [-0.4, -0.2) is 63.4 Å². The largest absolute Gasteiger partial charge is 0.497 e. The minimum Gasteiger partial charge on any atom is -0.497 e. The first-order chi connectivity index (χ1) is 18.3. The van der Waals surface area contributed by atoms with Crippen LogP contribution in [0.2, 0.25) is 0 Å². The zero-order valence-electron chi connectivity index (χ0n) is 21.1. The monoisotopic (exact) mass is 548 g/mol. The number of thiocarbonyl (C=S) groups is 1. The van der Waals surface area contributed by atoms with Crippen LogP contribution >= 0.6 is 24.0 Å². The van der Waals surface area contributed by atoms with E-state index in [1.54, 1.807) is 31.3 Å². The second kappa shape index (κ2) is 8.86. The number of pyridine rings is 1. The Balaban J connectivity index is 1.56. The standard InChI is InChI=1S/C28H25FN4O3S2/c1-31-16-21(22-6-4-5-13-30-22)28(27(31)20-14-18(29)9-12-23(20)32(2)24(27)34)25(35)33(26(37)38-28)15-17-7-10-19(36-3)11-8-17/h4-14,21H,15-16H2,1-3H3/t21-,27-,28+/m0/s1. The van der Waals surface area contributed by atoms with Crippen molar-refractivity contribution in [3.8, 4) is 5.75 Å². The average molecular weight is 549 g/mol.